The van der Waals surface area contributed by atoms with Gasteiger partial charge in [0.15, 0.2) is 0 Å². The van der Waals surface area contributed by atoms with Gasteiger partial charge in [0.2, 0.25) is 0 Å². The van der Waals surface area contributed by atoms with Crippen LogP contribution in [0.3, 0.4) is 0 Å². The highest BCUT2D eigenvalue weighted by Crippen LogP contribution is 2.18. The summed E-state index contributed by atoms with van der Waals surface area (Å²) >= 11 is 0. The van der Waals surface area contributed by atoms with Crippen LogP contribution in [0.2, 0.25) is 0 Å². The SMILES string of the molecule is Cc1ccc(NC(=O)/C(=C/c2ccco2)NC(=O)c2ccccc2C)c(C)c1. The molecular formula is C23H22N2O3. The van der Waals surface area contributed by atoms with Gasteiger partial charge in [0.25, 0.3) is 11.8 Å². The number of nitrogens with one attached hydrogen (secondary N) is 2. The molecule has 0 atom stereocenters. The fourth-order valence-corrected chi connectivity index (χ4v) is 2.83. The van der Waals surface area contributed by atoms with Crippen molar-refractivity contribution in [3.8, 4) is 0 Å². The van der Waals surface area contributed by atoms with Gasteiger partial charge >= 0.3 is 0 Å². The lowest BCUT2D eigenvalue weighted by Crippen LogP contribution is -2.31. The minimum absolute atomic E-state index is 0.100. The number of aryl methyl sites for hydroxylation is 3. The smallest absolute Gasteiger partial charge is 0.272 e. The van der Waals surface area contributed by atoms with Crippen LogP contribution >= 0.6 is 0 Å². The van der Waals surface area contributed by atoms with Gasteiger partial charge in [-0.25, -0.2) is 0 Å². The molecule has 2 N–H and O–H groups in total. The van der Waals surface area contributed by atoms with Crippen molar-refractivity contribution in [3.63, 3.8) is 0 Å². The fourth-order valence-electron chi connectivity index (χ4n) is 2.83. The Hall–Kier alpha value is -3.60. The van der Waals surface area contributed by atoms with Gasteiger partial charge in [-0.1, -0.05) is 35.9 Å². The van der Waals surface area contributed by atoms with Crippen molar-refractivity contribution in [3.05, 3.63) is 94.6 Å². The van der Waals surface area contributed by atoms with E-state index in [1.165, 1.54) is 12.3 Å². The normalized spacial score (nSPS) is 11.2. The van der Waals surface area contributed by atoms with Gasteiger partial charge in [-0.15, -0.1) is 0 Å². The number of anilines is 1. The van der Waals surface area contributed by atoms with E-state index in [2.05, 4.69) is 10.6 Å². The maximum absolute atomic E-state index is 12.9. The predicted molar refractivity (Wildman–Crippen MR) is 110 cm³/mol. The Morgan fingerprint density at radius 2 is 1.71 bits per heavy atom. The topological polar surface area (TPSA) is 71.3 Å². The molecule has 0 radical (unpaired) electrons. The quantitative estimate of drug-likeness (QED) is 0.641. The predicted octanol–water partition coefficient (Wildman–Crippen LogP) is 4.61. The molecule has 142 valence electrons. The fraction of sp³-hybridized carbons (Fsp3) is 0.130. The Balaban J connectivity index is 1.88. The van der Waals surface area contributed by atoms with Crippen molar-refractivity contribution in [2.24, 2.45) is 0 Å². The third kappa shape index (κ3) is 4.57. The number of carbonyl (C=O) groups is 2. The summed E-state index contributed by atoms with van der Waals surface area (Å²) in [6, 6.07) is 16.4. The largest absolute Gasteiger partial charge is 0.465 e. The summed E-state index contributed by atoms with van der Waals surface area (Å²) in [5, 5.41) is 5.57. The third-order valence-electron chi connectivity index (χ3n) is 4.34. The van der Waals surface area contributed by atoms with E-state index in [-0.39, 0.29) is 11.6 Å². The number of rotatable bonds is 5. The second-order valence-electron chi connectivity index (χ2n) is 6.61. The van der Waals surface area contributed by atoms with E-state index in [0.717, 1.165) is 16.7 Å². The lowest BCUT2D eigenvalue weighted by molar-refractivity contribution is -0.113. The zero-order chi connectivity index (χ0) is 20.1. The first-order valence-corrected chi connectivity index (χ1v) is 8.95. The molecule has 0 aliphatic heterocycles. The van der Waals surface area contributed by atoms with Crippen molar-refractivity contribution in [2.45, 2.75) is 20.8 Å². The van der Waals surface area contributed by atoms with E-state index in [1.807, 2.05) is 51.1 Å². The molecule has 0 fully saturated rings. The molecule has 0 saturated carbocycles. The molecule has 0 spiro atoms. The Labute approximate surface area is 164 Å². The molecule has 3 rings (SSSR count). The molecule has 5 nitrogen and oxygen atoms in total. The first kappa shape index (κ1) is 19.2. The van der Waals surface area contributed by atoms with Crippen molar-refractivity contribution in [1.29, 1.82) is 0 Å². The summed E-state index contributed by atoms with van der Waals surface area (Å²) < 4.78 is 5.31. The van der Waals surface area contributed by atoms with E-state index in [1.54, 1.807) is 24.3 Å². The number of carbonyl (C=O) groups excluding carboxylic acids is 2. The van der Waals surface area contributed by atoms with Crippen LogP contribution < -0.4 is 10.6 Å². The summed E-state index contributed by atoms with van der Waals surface area (Å²) in [6.07, 6.45) is 3.02. The number of hydrogen-bond donors (Lipinski definition) is 2. The molecule has 0 saturated heterocycles. The zero-order valence-electron chi connectivity index (χ0n) is 16.1. The van der Waals surface area contributed by atoms with Gasteiger partial charge in [0.1, 0.15) is 11.5 Å². The highest BCUT2D eigenvalue weighted by atomic mass is 16.3. The van der Waals surface area contributed by atoms with Crippen LogP contribution in [-0.4, -0.2) is 11.8 Å². The third-order valence-corrected chi connectivity index (χ3v) is 4.34. The zero-order valence-corrected chi connectivity index (χ0v) is 16.1. The summed E-state index contributed by atoms with van der Waals surface area (Å²) in [7, 11) is 0. The van der Waals surface area contributed by atoms with Crippen LogP contribution in [0, 0.1) is 20.8 Å². The molecule has 1 aromatic heterocycles. The number of benzene rings is 2. The van der Waals surface area contributed by atoms with Gasteiger partial charge < -0.3 is 15.1 Å². The molecule has 28 heavy (non-hydrogen) atoms. The lowest BCUT2D eigenvalue weighted by Gasteiger charge is -2.13. The van der Waals surface area contributed by atoms with Crippen molar-refractivity contribution < 1.29 is 14.0 Å². The van der Waals surface area contributed by atoms with Gasteiger partial charge in [0, 0.05) is 17.3 Å². The molecule has 0 aliphatic rings. The maximum atomic E-state index is 12.9. The molecule has 1 heterocycles. The number of hydrogen-bond acceptors (Lipinski definition) is 3. The second kappa shape index (κ2) is 8.39. The lowest BCUT2D eigenvalue weighted by atomic mass is 10.1. The van der Waals surface area contributed by atoms with Gasteiger partial charge in [0.05, 0.1) is 6.26 Å². The summed E-state index contributed by atoms with van der Waals surface area (Å²) in [4.78, 5) is 25.6. The molecule has 2 aromatic carbocycles. The van der Waals surface area contributed by atoms with Gasteiger partial charge in [-0.05, 0) is 56.2 Å². The van der Waals surface area contributed by atoms with Crippen LogP contribution in [0.15, 0.2) is 71.0 Å². The average molecular weight is 374 g/mol. The monoisotopic (exact) mass is 374 g/mol. The summed E-state index contributed by atoms with van der Waals surface area (Å²) in [5.41, 5.74) is 4.17. The van der Waals surface area contributed by atoms with Gasteiger partial charge in [-0.3, -0.25) is 9.59 Å². The number of amides is 2. The Morgan fingerprint density at radius 1 is 0.929 bits per heavy atom. The highest BCUT2D eigenvalue weighted by molar-refractivity contribution is 6.11. The van der Waals surface area contributed by atoms with E-state index in [9.17, 15) is 9.59 Å². The van der Waals surface area contributed by atoms with Gasteiger partial charge in [-0.2, -0.15) is 0 Å². The summed E-state index contributed by atoms with van der Waals surface area (Å²) in [5.74, 6) is -0.312. The van der Waals surface area contributed by atoms with E-state index >= 15 is 0 Å². The first-order chi connectivity index (χ1) is 13.4. The molecule has 0 aliphatic carbocycles. The molecule has 5 heteroatoms. The van der Waals surface area contributed by atoms with E-state index < -0.39 is 5.91 Å². The Morgan fingerprint density at radius 3 is 2.39 bits per heavy atom. The second-order valence-corrected chi connectivity index (χ2v) is 6.61. The van der Waals surface area contributed by atoms with Crippen molar-refractivity contribution >= 4 is 23.6 Å². The molecule has 2 amide bonds. The minimum atomic E-state index is -0.426. The minimum Gasteiger partial charge on any atom is -0.465 e. The molecule has 0 bridgehead atoms. The average Bonchev–Trinajstić information content (AvgIpc) is 3.17. The Bertz CT molecular complexity index is 1030. The van der Waals surface area contributed by atoms with Crippen LogP contribution in [0.4, 0.5) is 5.69 Å². The Kier molecular flexibility index (Phi) is 5.75. The highest BCUT2D eigenvalue weighted by Gasteiger charge is 2.17. The van der Waals surface area contributed by atoms with E-state index in [4.69, 9.17) is 4.42 Å². The van der Waals surface area contributed by atoms with Crippen LogP contribution in [0.1, 0.15) is 32.8 Å². The molecule has 3 aromatic rings. The van der Waals surface area contributed by atoms with Crippen molar-refractivity contribution in [2.75, 3.05) is 5.32 Å². The molecule has 0 unspecified atom stereocenters. The summed E-state index contributed by atoms with van der Waals surface area (Å²) in [6.45, 7) is 5.76. The molecular weight excluding hydrogens is 352 g/mol. The van der Waals surface area contributed by atoms with Crippen LogP contribution in [-0.2, 0) is 4.79 Å². The van der Waals surface area contributed by atoms with E-state index in [0.29, 0.717) is 17.0 Å². The standard InChI is InChI=1S/C23H22N2O3/c1-15-10-11-20(17(3)13-15)24-23(27)21(14-18-8-6-12-28-18)25-22(26)19-9-5-4-7-16(19)2/h4-14H,1-3H3,(H,24,27)(H,25,26)/b21-14-. The van der Waals surface area contributed by atoms with Crippen LogP contribution in [0.5, 0.6) is 0 Å². The number of furan rings is 1. The first-order valence-electron chi connectivity index (χ1n) is 8.95. The van der Waals surface area contributed by atoms with Crippen molar-refractivity contribution in [1.82, 2.24) is 5.32 Å². The van der Waals surface area contributed by atoms with Crippen LogP contribution in [0.25, 0.3) is 6.08 Å². The maximum Gasteiger partial charge on any atom is 0.272 e.